The highest BCUT2D eigenvalue weighted by molar-refractivity contribution is 5.94. The first-order valence-electron chi connectivity index (χ1n) is 11.7. The van der Waals surface area contributed by atoms with E-state index in [9.17, 15) is 14.4 Å². The van der Waals surface area contributed by atoms with Gasteiger partial charge in [0.25, 0.3) is 5.91 Å². The van der Waals surface area contributed by atoms with Gasteiger partial charge in [-0.1, -0.05) is 54.6 Å². The summed E-state index contributed by atoms with van der Waals surface area (Å²) in [4.78, 5) is 37.3. The number of nitrogens with zero attached hydrogens (tertiary/aromatic N) is 1. The predicted molar refractivity (Wildman–Crippen MR) is 142 cm³/mol. The third-order valence-electron chi connectivity index (χ3n) is 5.26. The zero-order valence-electron chi connectivity index (χ0n) is 20.5. The van der Waals surface area contributed by atoms with Crippen LogP contribution in [0, 0.1) is 6.92 Å². The maximum Gasteiger partial charge on any atom is 0.343 e. The van der Waals surface area contributed by atoms with Crippen molar-refractivity contribution in [3.63, 3.8) is 0 Å². The van der Waals surface area contributed by atoms with Crippen molar-refractivity contribution in [1.82, 2.24) is 5.43 Å². The van der Waals surface area contributed by atoms with Gasteiger partial charge in [0.1, 0.15) is 17.2 Å². The summed E-state index contributed by atoms with van der Waals surface area (Å²) >= 11 is 0. The summed E-state index contributed by atoms with van der Waals surface area (Å²) in [5.41, 5.74) is 4.36. The van der Waals surface area contributed by atoms with E-state index in [2.05, 4.69) is 10.5 Å². The van der Waals surface area contributed by atoms with Gasteiger partial charge < -0.3 is 14.2 Å². The Kier molecular flexibility index (Phi) is 8.60. The van der Waals surface area contributed by atoms with Crippen LogP contribution in [0.1, 0.15) is 31.8 Å². The first-order chi connectivity index (χ1) is 18.5. The maximum absolute atomic E-state index is 12.7. The van der Waals surface area contributed by atoms with Crippen LogP contribution in [0.2, 0.25) is 0 Å². The number of amides is 1. The number of rotatable bonds is 9. The van der Waals surface area contributed by atoms with Crippen molar-refractivity contribution in [1.29, 1.82) is 0 Å². The number of esters is 2. The Morgan fingerprint density at radius 3 is 2.00 bits per heavy atom. The number of aryl methyl sites for hydroxylation is 1. The normalized spacial score (nSPS) is 10.6. The highest BCUT2D eigenvalue weighted by atomic mass is 16.5. The van der Waals surface area contributed by atoms with Gasteiger partial charge in [-0.2, -0.15) is 5.10 Å². The molecule has 0 aliphatic rings. The molecule has 0 unspecified atom stereocenters. The molecule has 0 radical (unpaired) electrons. The fourth-order valence-corrected chi connectivity index (χ4v) is 3.31. The van der Waals surface area contributed by atoms with E-state index in [1.165, 1.54) is 18.3 Å². The third-order valence-corrected chi connectivity index (χ3v) is 5.26. The van der Waals surface area contributed by atoms with Gasteiger partial charge >= 0.3 is 11.9 Å². The van der Waals surface area contributed by atoms with Crippen molar-refractivity contribution in [3.05, 3.63) is 125 Å². The van der Waals surface area contributed by atoms with Crippen LogP contribution in [0.5, 0.6) is 17.2 Å². The van der Waals surface area contributed by atoms with Crippen LogP contribution in [-0.2, 0) is 4.79 Å². The van der Waals surface area contributed by atoms with Crippen LogP contribution in [-0.4, -0.2) is 30.7 Å². The lowest BCUT2D eigenvalue weighted by molar-refractivity contribution is -0.123. The molecule has 0 atom stereocenters. The van der Waals surface area contributed by atoms with E-state index >= 15 is 0 Å². The molecule has 8 heteroatoms. The monoisotopic (exact) mass is 508 g/mol. The van der Waals surface area contributed by atoms with Gasteiger partial charge in [-0.3, -0.25) is 4.79 Å². The second kappa shape index (κ2) is 12.6. The zero-order valence-corrected chi connectivity index (χ0v) is 20.5. The highest BCUT2D eigenvalue weighted by Gasteiger charge is 2.15. The molecule has 4 aromatic rings. The Morgan fingerprint density at radius 2 is 1.34 bits per heavy atom. The summed E-state index contributed by atoms with van der Waals surface area (Å²) in [5, 5.41) is 3.95. The molecule has 190 valence electrons. The number of ether oxygens (including phenoxy) is 3. The van der Waals surface area contributed by atoms with Crippen molar-refractivity contribution >= 4 is 24.1 Å². The van der Waals surface area contributed by atoms with Crippen LogP contribution in [0.4, 0.5) is 0 Å². The molecule has 0 saturated carbocycles. The average molecular weight is 509 g/mol. The molecule has 0 aliphatic carbocycles. The SMILES string of the molecule is Cc1ccccc1OCC(=O)N/N=C\c1ccc(OC(=O)c2ccccc2)cc1OC(=O)c1ccccc1. The molecule has 4 rings (SSSR count). The largest absolute Gasteiger partial charge is 0.483 e. The number of nitrogens with one attached hydrogen (secondary N) is 1. The van der Waals surface area contributed by atoms with Crippen molar-refractivity contribution in [2.45, 2.75) is 6.92 Å². The Bertz CT molecular complexity index is 1450. The Labute approximate surface area is 219 Å². The second-order valence-corrected chi connectivity index (χ2v) is 8.06. The second-order valence-electron chi connectivity index (χ2n) is 8.06. The molecule has 0 aliphatic heterocycles. The number of benzene rings is 4. The minimum Gasteiger partial charge on any atom is -0.483 e. The van der Waals surface area contributed by atoms with Crippen LogP contribution in [0.25, 0.3) is 0 Å². The van der Waals surface area contributed by atoms with Gasteiger partial charge in [0.2, 0.25) is 0 Å². The van der Waals surface area contributed by atoms with E-state index in [-0.39, 0.29) is 18.1 Å². The molecule has 0 saturated heterocycles. The van der Waals surface area contributed by atoms with Crippen LogP contribution < -0.4 is 19.6 Å². The summed E-state index contributed by atoms with van der Waals surface area (Å²) in [6.07, 6.45) is 1.32. The topological polar surface area (TPSA) is 103 Å². The summed E-state index contributed by atoms with van der Waals surface area (Å²) in [5.74, 6) is -0.784. The molecule has 1 amide bonds. The number of hydrogen-bond donors (Lipinski definition) is 1. The lowest BCUT2D eigenvalue weighted by Crippen LogP contribution is -2.24. The third kappa shape index (κ3) is 7.14. The number of hydrogen-bond acceptors (Lipinski definition) is 7. The average Bonchev–Trinajstić information content (AvgIpc) is 2.94. The summed E-state index contributed by atoms with van der Waals surface area (Å²) in [6, 6.07) is 28.8. The van der Waals surface area contributed by atoms with E-state index in [1.807, 2.05) is 25.1 Å². The number of carbonyl (C=O) groups excluding carboxylic acids is 3. The predicted octanol–water partition coefficient (Wildman–Crippen LogP) is 4.96. The van der Waals surface area contributed by atoms with E-state index in [0.29, 0.717) is 22.4 Å². The smallest absolute Gasteiger partial charge is 0.343 e. The quantitative estimate of drug-likeness (QED) is 0.148. The van der Waals surface area contributed by atoms with Crippen molar-refractivity contribution < 1.29 is 28.6 Å². The fraction of sp³-hybridized carbons (Fsp3) is 0.0667. The Balaban J connectivity index is 1.47. The lowest BCUT2D eigenvalue weighted by atomic mass is 10.2. The summed E-state index contributed by atoms with van der Waals surface area (Å²) < 4.78 is 16.5. The van der Waals surface area contributed by atoms with E-state index in [1.54, 1.807) is 72.8 Å². The summed E-state index contributed by atoms with van der Waals surface area (Å²) in [7, 11) is 0. The highest BCUT2D eigenvalue weighted by Crippen LogP contribution is 2.26. The standard InChI is InChI=1S/C30H24N2O6/c1-21-10-8-9-15-26(21)36-20-28(33)32-31-19-24-16-17-25(37-29(34)22-11-4-2-5-12-22)18-27(24)38-30(35)23-13-6-3-7-14-23/h2-19H,20H2,1H3,(H,32,33)/b31-19-. The van der Waals surface area contributed by atoms with Gasteiger partial charge in [-0.05, 0) is 55.0 Å². The van der Waals surface area contributed by atoms with Crippen LogP contribution in [0.15, 0.2) is 108 Å². The van der Waals surface area contributed by atoms with Gasteiger partial charge in [0, 0.05) is 11.6 Å². The van der Waals surface area contributed by atoms with Crippen molar-refractivity contribution in [3.8, 4) is 17.2 Å². The Hall–Kier alpha value is -5.24. The van der Waals surface area contributed by atoms with Crippen LogP contribution in [0.3, 0.4) is 0 Å². The van der Waals surface area contributed by atoms with Gasteiger partial charge in [0.05, 0.1) is 17.3 Å². The van der Waals surface area contributed by atoms with Gasteiger partial charge in [0.15, 0.2) is 6.61 Å². The van der Waals surface area contributed by atoms with E-state index < -0.39 is 17.8 Å². The molecular formula is C30H24N2O6. The molecule has 8 nitrogen and oxygen atoms in total. The maximum atomic E-state index is 12.7. The van der Waals surface area contributed by atoms with Crippen LogP contribution >= 0.6 is 0 Å². The minimum absolute atomic E-state index is 0.0892. The van der Waals surface area contributed by atoms with Gasteiger partial charge in [-0.15, -0.1) is 0 Å². The number of carbonyl (C=O) groups is 3. The van der Waals surface area contributed by atoms with E-state index in [0.717, 1.165) is 5.56 Å². The first-order valence-corrected chi connectivity index (χ1v) is 11.7. The molecule has 0 heterocycles. The zero-order chi connectivity index (χ0) is 26.7. The molecule has 0 spiro atoms. The van der Waals surface area contributed by atoms with Gasteiger partial charge in [-0.25, -0.2) is 15.0 Å². The van der Waals surface area contributed by atoms with E-state index in [4.69, 9.17) is 14.2 Å². The number of hydrazone groups is 1. The molecule has 0 bridgehead atoms. The lowest BCUT2D eigenvalue weighted by Gasteiger charge is -2.11. The molecule has 4 aromatic carbocycles. The summed E-state index contributed by atoms with van der Waals surface area (Å²) in [6.45, 7) is 1.65. The van der Waals surface area contributed by atoms with Crippen molar-refractivity contribution in [2.24, 2.45) is 5.10 Å². The molecular weight excluding hydrogens is 484 g/mol. The molecule has 1 N–H and O–H groups in total. The van der Waals surface area contributed by atoms with Crippen molar-refractivity contribution in [2.75, 3.05) is 6.61 Å². The first kappa shape index (κ1) is 25.8. The number of para-hydroxylation sites is 1. The Morgan fingerprint density at radius 1 is 0.737 bits per heavy atom. The molecule has 0 fully saturated rings. The minimum atomic E-state index is -0.609. The molecule has 38 heavy (non-hydrogen) atoms. The molecule has 0 aromatic heterocycles. The fourth-order valence-electron chi connectivity index (χ4n) is 3.31.